The summed E-state index contributed by atoms with van der Waals surface area (Å²) in [5.74, 6) is 0. The van der Waals surface area contributed by atoms with Crippen molar-refractivity contribution in [2.24, 2.45) is 0 Å². The summed E-state index contributed by atoms with van der Waals surface area (Å²) in [6, 6.07) is 6.64. The first-order chi connectivity index (χ1) is 4.47. The maximum Gasteiger partial charge on any atom is 2.00 e. The van der Waals surface area contributed by atoms with E-state index in [-0.39, 0.29) is 28.5 Å². The summed E-state index contributed by atoms with van der Waals surface area (Å²) in [5, 5.41) is 0. The third kappa shape index (κ3) is 1.90. The second-order valence-corrected chi connectivity index (χ2v) is 1.82. The Morgan fingerprint density at radius 3 is 2.91 bits per heavy atom. The molecule has 0 saturated carbocycles. The van der Waals surface area contributed by atoms with Crippen molar-refractivity contribution < 1.29 is 21.1 Å². The molecule has 0 aliphatic carbocycles. The first-order valence-electron chi connectivity index (χ1n) is 2.75. The summed E-state index contributed by atoms with van der Waals surface area (Å²) in [7, 11) is 0. The van der Waals surface area contributed by atoms with E-state index in [4.69, 9.17) is 0 Å². The Hall–Kier alpha value is -0.622. The van der Waals surface area contributed by atoms with Crippen molar-refractivity contribution in [2.75, 3.05) is 0 Å². The number of imidazole rings is 1. The summed E-state index contributed by atoms with van der Waals surface area (Å²) >= 11 is 0. The summed E-state index contributed by atoms with van der Waals surface area (Å²) < 4.78 is 1.94. The normalized spacial score (nSPS) is 8.36. The molecular formula is C8H8N2W. The predicted molar refractivity (Wildman–Crippen MR) is 40.4 cm³/mol. The molecule has 2 aromatic heterocycles. The van der Waals surface area contributed by atoms with Crippen LogP contribution >= 0.6 is 0 Å². The molecule has 0 atom stereocenters. The minimum atomic E-state index is 0. The van der Waals surface area contributed by atoms with Gasteiger partial charge in [0.25, 0.3) is 0 Å². The van der Waals surface area contributed by atoms with Gasteiger partial charge < -0.3 is 16.8 Å². The number of fused-ring (bicyclic) bond motifs is 1. The number of nitrogens with zero attached hydrogens (tertiary/aromatic N) is 2. The van der Waals surface area contributed by atoms with E-state index in [1.54, 1.807) is 6.20 Å². The summed E-state index contributed by atoms with van der Waals surface area (Å²) in [6.45, 7) is 0. The van der Waals surface area contributed by atoms with Crippen LogP contribution < -0.4 is 0 Å². The van der Waals surface area contributed by atoms with Crippen LogP contribution in [0.4, 0.5) is 0 Å². The minimum Gasteiger partial charge on any atom is -0.414 e. The van der Waals surface area contributed by atoms with Crippen LogP contribution in [0.25, 0.3) is 5.65 Å². The Kier molecular flexibility index (Phi) is 4.05. The van der Waals surface area contributed by atoms with Gasteiger partial charge in [-0.3, -0.25) is 0 Å². The van der Waals surface area contributed by atoms with E-state index in [2.05, 4.69) is 11.1 Å². The first kappa shape index (κ1) is 10.4. The molecule has 0 unspecified atom stereocenters. The average Bonchev–Trinajstić information content (AvgIpc) is 2.33. The molecule has 0 amide bonds. The zero-order valence-corrected chi connectivity index (χ0v) is 9.12. The zero-order valence-electron chi connectivity index (χ0n) is 6.19. The van der Waals surface area contributed by atoms with Crippen molar-refractivity contribution in [3.8, 4) is 0 Å². The SMILES string of the molecule is [CH3-].[W+2].[c-]1ccn2ccnc2c1. The van der Waals surface area contributed by atoms with E-state index in [9.17, 15) is 0 Å². The molecule has 0 aliphatic rings. The van der Waals surface area contributed by atoms with Crippen molar-refractivity contribution in [1.82, 2.24) is 9.38 Å². The van der Waals surface area contributed by atoms with Crippen molar-refractivity contribution in [2.45, 2.75) is 0 Å². The van der Waals surface area contributed by atoms with Gasteiger partial charge >= 0.3 is 21.1 Å². The van der Waals surface area contributed by atoms with Gasteiger partial charge in [-0.25, -0.2) is 0 Å². The Morgan fingerprint density at radius 1 is 1.36 bits per heavy atom. The third-order valence-electron chi connectivity index (χ3n) is 1.24. The molecular weight excluding hydrogens is 308 g/mol. The molecule has 0 radical (unpaired) electrons. The van der Waals surface area contributed by atoms with Crippen LogP contribution in [0.5, 0.6) is 0 Å². The van der Waals surface area contributed by atoms with Gasteiger partial charge in [-0.05, 0) is 0 Å². The van der Waals surface area contributed by atoms with E-state index in [0.717, 1.165) is 5.65 Å². The largest absolute Gasteiger partial charge is 2.00 e. The molecule has 0 spiro atoms. The topological polar surface area (TPSA) is 17.3 Å². The number of aromatic nitrogens is 2. The van der Waals surface area contributed by atoms with E-state index in [1.165, 1.54) is 0 Å². The van der Waals surface area contributed by atoms with Crippen LogP contribution in [-0.2, 0) is 21.1 Å². The Morgan fingerprint density at radius 2 is 2.18 bits per heavy atom. The Balaban J connectivity index is 0.000000500. The molecule has 56 valence electrons. The third-order valence-corrected chi connectivity index (χ3v) is 1.24. The zero-order chi connectivity index (χ0) is 6.10. The Labute approximate surface area is 80.5 Å². The second kappa shape index (κ2) is 4.30. The molecule has 0 saturated heterocycles. The quantitative estimate of drug-likeness (QED) is 0.675. The van der Waals surface area contributed by atoms with E-state index >= 15 is 0 Å². The fourth-order valence-corrected chi connectivity index (χ4v) is 0.808. The van der Waals surface area contributed by atoms with Gasteiger partial charge in [-0.2, -0.15) is 12.1 Å². The molecule has 0 bridgehead atoms. The predicted octanol–water partition coefficient (Wildman–Crippen LogP) is 1.58. The number of pyridine rings is 1. The fraction of sp³-hybridized carbons (Fsp3) is 0. The van der Waals surface area contributed by atoms with Gasteiger partial charge in [0, 0.05) is 18.0 Å². The molecule has 2 aromatic rings. The van der Waals surface area contributed by atoms with Crippen molar-refractivity contribution in [3.63, 3.8) is 0 Å². The van der Waals surface area contributed by atoms with Crippen molar-refractivity contribution in [1.29, 1.82) is 0 Å². The molecule has 2 rings (SSSR count). The Bertz CT molecular complexity index is 286. The van der Waals surface area contributed by atoms with E-state index < -0.39 is 0 Å². The summed E-state index contributed by atoms with van der Waals surface area (Å²) in [4.78, 5) is 4.05. The summed E-state index contributed by atoms with van der Waals surface area (Å²) in [6.07, 6.45) is 5.59. The molecule has 0 N–H and O–H groups in total. The van der Waals surface area contributed by atoms with Crippen LogP contribution in [0.3, 0.4) is 0 Å². The van der Waals surface area contributed by atoms with Crippen LogP contribution in [0, 0.1) is 13.5 Å². The van der Waals surface area contributed by atoms with E-state index in [1.807, 2.05) is 28.9 Å². The van der Waals surface area contributed by atoms with Crippen LogP contribution in [-0.4, -0.2) is 9.38 Å². The molecule has 0 aliphatic heterocycles. The molecule has 11 heavy (non-hydrogen) atoms. The molecule has 2 heterocycles. The maximum absolute atomic E-state index is 4.05. The van der Waals surface area contributed by atoms with Gasteiger partial charge in [0.2, 0.25) is 0 Å². The van der Waals surface area contributed by atoms with Crippen LogP contribution in [0.15, 0.2) is 30.7 Å². The van der Waals surface area contributed by atoms with Crippen molar-refractivity contribution in [3.05, 3.63) is 44.2 Å². The molecule has 2 nitrogen and oxygen atoms in total. The van der Waals surface area contributed by atoms with Gasteiger partial charge in [-0.15, -0.1) is 6.07 Å². The van der Waals surface area contributed by atoms with Gasteiger partial charge in [0.05, 0.1) is 0 Å². The van der Waals surface area contributed by atoms with E-state index in [0.29, 0.717) is 0 Å². The van der Waals surface area contributed by atoms with Gasteiger partial charge in [0.1, 0.15) is 0 Å². The average molecular weight is 316 g/mol. The van der Waals surface area contributed by atoms with Crippen molar-refractivity contribution >= 4 is 5.65 Å². The van der Waals surface area contributed by atoms with Gasteiger partial charge in [-0.1, -0.05) is 6.20 Å². The molecule has 0 aromatic carbocycles. The number of hydrogen-bond acceptors (Lipinski definition) is 1. The summed E-state index contributed by atoms with van der Waals surface area (Å²) in [5.41, 5.74) is 0.942. The minimum absolute atomic E-state index is 0. The number of hydrogen-bond donors (Lipinski definition) is 0. The first-order valence-corrected chi connectivity index (χ1v) is 2.75. The molecule has 3 heteroatoms. The molecule has 0 fully saturated rings. The smallest absolute Gasteiger partial charge is 0.414 e. The number of rotatable bonds is 0. The standard InChI is InChI=1S/C7H5N2.CH3.W/c1-2-5-9-6-4-8-7(9)3-1;;/h2-6H;1H3;/q2*-1;+2. The van der Waals surface area contributed by atoms with Crippen LogP contribution in [0.1, 0.15) is 0 Å². The fourth-order valence-electron chi connectivity index (χ4n) is 0.808. The van der Waals surface area contributed by atoms with Gasteiger partial charge in [0.15, 0.2) is 0 Å². The van der Waals surface area contributed by atoms with Crippen LogP contribution in [0.2, 0.25) is 0 Å². The maximum atomic E-state index is 4.05. The second-order valence-electron chi connectivity index (χ2n) is 1.82. The monoisotopic (exact) mass is 316 g/mol.